The number of para-hydroxylation sites is 1. The van der Waals surface area contributed by atoms with Gasteiger partial charge in [-0.05, 0) is 38.4 Å². The summed E-state index contributed by atoms with van der Waals surface area (Å²) in [7, 11) is 1.97. The minimum atomic E-state index is -0.0460. The molecule has 6 heteroatoms. The number of carbonyl (C=O) groups excluding carboxylic acids is 1. The van der Waals surface area contributed by atoms with Crippen LogP contribution in [0.1, 0.15) is 36.7 Å². The zero-order valence-corrected chi connectivity index (χ0v) is 14.9. The van der Waals surface area contributed by atoms with Gasteiger partial charge in [-0.3, -0.25) is 4.79 Å². The van der Waals surface area contributed by atoms with Gasteiger partial charge in [0.25, 0.3) is 5.91 Å². The number of rotatable bonds is 6. The molecule has 0 aliphatic carbocycles. The van der Waals surface area contributed by atoms with Gasteiger partial charge < -0.3 is 15.0 Å². The van der Waals surface area contributed by atoms with Crippen LogP contribution in [-0.2, 0) is 0 Å². The van der Waals surface area contributed by atoms with Crippen LogP contribution in [0.15, 0.2) is 36.5 Å². The van der Waals surface area contributed by atoms with Crippen LogP contribution in [-0.4, -0.2) is 53.4 Å². The Kier molecular flexibility index (Phi) is 5.71. The van der Waals surface area contributed by atoms with Crippen molar-refractivity contribution in [3.05, 3.63) is 42.2 Å². The van der Waals surface area contributed by atoms with Gasteiger partial charge in [0.05, 0.1) is 18.5 Å². The Bertz CT molecular complexity index is 691. The number of benzene rings is 1. The summed E-state index contributed by atoms with van der Waals surface area (Å²) in [5, 5.41) is 7.82. The van der Waals surface area contributed by atoms with Crippen molar-refractivity contribution in [2.45, 2.75) is 32.2 Å². The zero-order chi connectivity index (χ0) is 17.6. The van der Waals surface area contributed by atoms with Crippen molar-refractivity contribution in [3.8, 4) is 11.4 Å². The number of hydrogen-bond donors (Lipinski definition) is 1. The fourth-order valence-electron chi connectivity index (χ4n) is 3.06. The molecule has 6 nitrogen and oxygen atoms in total. The Hall–Kier alpha value is -2.34. The first kappa shape index (κ1) is 17.5. The predicted octanol–water partition coefficient (Wildman–Crippen LogP) is 2.49. The maximum atomic E-state index is 13.0. The number of ether oxygens (including phenoxy) is 1. The van der Waals surface area contributed by atoms with Crippen LogP contribution in [0.2, 0.25) is 0 Å². The highest BCUT2D eigenvalue weighted by Gasteiger charge is 2.27. The molecule has 0 radical (unpaired) electrons. The SMILES string of the molecule is CCCOc1cn(-c2ccccc2)nc1C(=O)N1CCC(NC)CC1. The molecule has 25 heavy (non-hydrogen) atoms. The summed E-state index contributed by atoms with van der Waals surface area (Å²) in [6.45, 7) is 4.11. The largest absolute Gasteiger partial charge is 0.489 e. The number of likely N-dealkylation sites (tertiary alicyclic amines) is 1. The Labute approximate surface area is 148 Å². The van der Waals surface area contributed by atoms with Crippen LogP contribution in [0.3, 0.4) is 0 Å². The summed E-state index contributed by atoms with van der Waals surface area (Å²) in [6, 6.07) is 10.3. The van der Waals surface area contributed by atoms with E-state index in [2.05, 4.69) is 10.4 Å². The molecule has 2 aromatic rings. The van der Waals surface area contributed by atoms with Gasteiger partial charge >= 0.3 is 0 Å². The molecule has 0 atom stereocenters. The Morgan fingerprint density at radius 1 is 1.28 bits per heavy atom. The van der Waals surface area contributed by atoms with E-state index in [1.165, 1.54) is 0 Å². The Morgan fingerprint density at radius 2 is 2.00 bits per heavy atom. The van der Waals surface area contributed by atoms with Crippen LogP contribution in [0.25, 0.3) is 5.69 Å². The summed E-state index contributed by atoms with van der Waals surface area (Å²) >= 11 is 0. The summed E-state index contributed by atoms with van der Waals surface area (Å²) in [6.07, 6.45) is 4.62. The minimum Gasteiger partial charge on any atom is -0.489 e. The van der Waals surface area contributed by atoms with Crippen molar-refractivity contribution >= 4 is 5.91 Å². The standard InChI is InChI=1S/C19H26N4O2/c1-3-13-25-17-14-23(16-7-5-4-6-8-16)21-18(17)19(24)22-11-9-15(20-2)10-12-22/h4-8,14-15,20H,3,9-13H2,1-2H3. The molecule has 1 aliphatic heterocycles. The quantitative estimate of drug-likeness (QED) is 0.876. The summed E-state index contributed by atoms with van der Waals surface area (Å²) in [5.74, 6) is 0.516. The highest BCUT2D eigenvalue weighted by Crippen LogP contribution is 2.23. The van der Waals surface area contributed by atoms with E-state index in [4.69, 9.17) is 4.74 Å². The second-order valence-electron chi connectivity index (χ2n) is 6.33. The summed E-state index contributed by atoms with van der Waals surface area (Å²) in [5.41, 5.74) is 1.32. The van der Waals surface area contributed by atoms with Crippen molar-refractivity contribution in [1.29, 1.82) is 0 Å². The molecule has 1 saturated heterocycles. The predicted molar refractivity (Wildman–Crippen MR) is 97.3 cm³/mol. The molecule has 1 aromatic heterocycles. The number of aromatic nitrogens is 2. The fourth-order valence-corrected chi connectivity index (χ4v) is 3.06. The number of piperidine rings is 1. The smallest absolute Gasteiger partial charge is 0.278 e. The third kappa shape index (κ3) is 4.02. The molecule has 2 heterocycles. The van der Waals surface area contributed by atoms with E-state index in [0.29, 0.717) is 24.1 Å². The molecule has 1 amide bonds. The van der Waals surface area contributed by atoms with Gasteiger partial charge in [0.2, 0.25) is 0 Å². The molecule has 3 rings (SSSR count). The van der Waals surface area contributed by atoms with Crippen molar-refractivity contribution in [2.75, 3.05) is 26.7 Å². The molecular weight excluding hydrogens is 316 g/mol. The van der Waals surface area contributed by atoms with Gasteiger partial charge in [0, 0.05) is 19.1 Å². The van der Waals surface area contributed by atoms with Crippen LogP contribution >= 0.6 is 0 Å². The number of amides is 1. The Morgan fingerprint density at radius 3 is 2.64 bits per heavy atom. The van der Waals surface area contributed by atoms with Crippen LogP contribution in [0, 0.1) is 0 Å². The molecular formula is C19H26N4O2. The summed E-state index contributed by atoms with van der Waals surface area (Å²) < 4.78 is 7.52. The van der Waals surface area contributed by atoms with E-state index in [1.807, 2.05) is 49.2 Å². The molecule has 1 aromatic carbocycles. The van der Waals surface area contributed by atoms with E-state index in [-0.39, 0.29) is 5.91 Å². The van der Waals surface area contributed by atoms with Crippen molar-refractivity contribution in [2.24, 2.45) is 0 Å². The molecule has 0 bridgehead atoms. The highest BCUT2D eigenvalue weighted by molar-refractivity contribution is 5.95. The molecule has 0 unspecified atom stereocenters. The monoisotopic (exact) mass is 342 g/mol. The highest BCUT2D eigenvalue weighted by atomic mass is 16.5. The summed E-state index contributed by atoms with van der Waals surface area (Å²) in [4.78, 5) is 14.9. The van der Waals surface area contributed by atoms with E-state index in [0.717, 1.165) is 38.0 Å². The second-order valence-corrected chi connectivity index (χ2v) is 6.33. The molecule has 1 fully saturated rings. The van der Waals surface area contributed by atoms with Gasteiger partial charge in [-0.25, -0.2) is 4.68 Å². The first-order valence-corrected chi connectivity index (χ1v) is 8.97. The lowest BCUT2D eigenvalue weighted by molar-refractivity contribution is 0.0696. The van der Waals surface area contributed by atoms with E-state index >= 15 is 0 Å². The first-order valence-electron chi connectivity index (χ1n) is 8.97. The number of carbonyl (C=O) groups is 1. The number of nitrogens with one attached hydrogen (secondary N) is 1. The van der Waals surface area contributed by atoms with Crippen molar-refractivity contribution < 1.29 is 9.53 Å². The van der Waals surface area contributed by atoms with Crippen molar-refractivity contribution in [1.82, 2.24) is 20.0 Å². The normalized spacial score (nSPS) is 15.4. The van der Waals surface area contributed by atoms with Crippen LogP contribution in [0.5, 0.6) is 5.75 Å². The molecule has 1 N–H and O–H groups in total. The molecule has 1 aliphatic rings. The lowest BCUT2D eigenvalue weighted by Crippen LogP contribution is -2.44. The zero-order valence-electron chi connectivity index (χ0n) is 14.9. The van der Waals surface area contributed by atoms with Gasteiger partial charge in [0.15, 0.2) is 11.4 Å². The average Bonchev–Trinajstić information content (AvgIpc) is 3.10. The third-order valence-electron chi connectivity index (χ3n) is 4.56. The number of nitrogens with zero attached hydrogens (tertiary/aromatic N) is 3. The lowest BCUT2D eigenvalue weighted by Gasteiger charge is -2.31. The average molecular weight is 342 g/mol. The van der Waals surface area contributed by atoms with E-state index < -0.39 is 0 Å². The van der Waals surface area contributed by atoms with Gasteiger partial charge in [-0.15, -0.1) is 0 Å². The lowest BCUT2D eigenvalue weighted by atomic mass is 10.1. The van der Waals surface area contributed by atoms with Crippen LogP contribution < -0.4 is 10.1 Å². The second kappa shape index (κ2) is 8.16. The van der Waals surface area contributed by atoms with Gasteiger partial charge in [-0.2, -0.15) is 5.10 Å². The van der Waals surface area contributed by atoms with E-state index in [1.54, 1.807) is 10.9 Å². The maximum absolute atomic E-state index is 13.0. The molecule has 0 saturated carbocycles. The molecule has 134 valence electrons. The number of hydrogen-bond acceptors (Lipinski definition) is 4. The van der Waals surface area contributed by atoms with E-state index in [9.17, 15) is 4.79 Å². The maximum Gasteiger partial charge on any atom is 0.278 e. The third-order valence-corrected chi connectivity index (χ3v) is 4.56. The first-order chi connectivity index (χ1) is 12.2. The fraction of sp³-hybridized carbons (Fsp3) is 0.474. The van der Waals surface area contributed by atoms with Gasteiger partial charge in [0.1, 0.15) is 0 Å². The Balaban J connectivity index is 1.83. The van der Waals surface area contributed by atoms with Gasteiger partial charge in [-0.1, -0.05) is 25.1 Å². The molecule has 0 spiro atoms. The van der Waals surface area contributed by atoms with Crippen molar-refractivity contribution in [3.63, 3.8) is 0 Å². The topological polar surface area (TPSA) is 59.4 Å². The van der Waals surface area contributed by atoms with Crippen LogP contribution in [0.4, 0.5) is 0 Å². The minimum absolute atomic E-state index is 0.0460.